The zero-order chi connectivity index (χ0) is 51.7. The fourth-order valence-corrected chi connectivity index (χ4v) is 9.68. The number of aromatic nitrogens is 1. The second-order valence-corrected chi connectivity index (χ2v) is 20.2. The molecule has 4 amide bonds. The van der Waals surface area contributed by atoms with Gasteiger partial charge in [-0.2, -0.15) is 18.4 Å². The monoisotopic (exact) mass is 1020 g/mol. The molecule has 0 bridgehead atoms. The summed E-state index contributed by atoms with van der Waals surface area (Å²) in [7, 11) is 0. The number of amides is 4. The Morgan fingerprint density at radius 3 is 2.24 bits per heavy atom. The molecule has 14 nitrogen and oxygen atoms in total. The summed E-state index contributed by atoms with van der Waals surface area (Å²) in [5.41, 5.74) is 0.981. The number of nitriles is 1. The van der Waals surface area contributed by atoms with Crippen molar-refractivity contribution in [2.45, 2.75) is 110 Å². The molecular weight excluding hydrogens is 963 g/mol. The highest BCUT2D eigenvalue weighted by molar-refractivity contribution is 7.81. The van der Waals surface area contributed by atoms with Crippen LogP contribution in [0.4, 0.5) is 28.9 Å². The molecule has 380 valence electrons. The molecule has 2 fully saturated rings. The van der Waals surface area contributed by atoms with E-state index >= 15 is 4.39 Å². The average Bonchev–Trinajstić information content (AvgIpc) is 4.03. The van der Waals surface area contributed by atoms with Gasteiger partial charge >= 0.3 is 6.18 Å². The van der Waals surface area contributed by atoms with Crippen molar-refractivity contribution in [3.05, 3.63) is 94.4 Å². The van der Waals surface area contributed by atoms with Crippen molar-refractivity contribution >= 4 is 63.7 Å². The van der Waals surface area contributed by atoms with Crippen molar-refractivity contribution in [2.75, 3.05) is 49.4 Å². The third kappa shape index (κ3) is 13.3. The van der Waals surface area contributed by atoms with Crippen molar-refractivity contribution < 1.29 is 51.0 Å². The highest BCUT2D eigenvalue weighted by Gasteiger charge is 2.51. The number of anilines is 2. The van der Waals surface area contributed by atoms with E-state index in [0.717, 1.165) is 38.7 Å². The van der Waals surface area contributed by atoms with Crippen LogP contribution >= 0.6 is 23.6 Å². The third-order valence-electron chi connectivity index (χ3n) is 12.2. The van der Waals surface area contributed by atoms with Crippen molar-refractivity contribution in [3.63, 3.8) is 0 Å². The number of carbonyl (C=O) groups is 4. The van der Waals surface area contributed by atoms with E-state index in [2.05, 4.69) is 15.6 Å². The van der Waals surface area contributed by atoms with Crippen molar-refractivity contribution in [1.29, 1.82) is 5.26 Å². The van der Waals surface area contributed by atoms with E-state index in [4.69, 9.17) is 26.4 Å². The lowest BCUT2D eigenvalue weighted by Gasteiger charge is -2.35. The van der Waals surface area contributed by atoms with Crippen LogP contribution in [0.25, 0.3) is 10.4 Å². The zero-order valence-corrected chi connectivity index (χ0v) is 42.3. The first-order chi connectivity index (χ1) is 33.6. The van der Waals surface area contributed by atoms with E-state index in [-0.39, 0.29) is 47.3 Å². The molecule has 3 aromatic carbocycles. The smallest absolute Gasteiger partial charge is 0.417 e. The highest BCUT2D eigenvalue weighted by atomic mass is 32.1. The summed E-state index contributed by atoms with van der Waals surface area (Å²) in [6.07, 6.45) is -1.14. The first-order valence-electron chi connectivity index (χ1n) is 23.4. The maximum atomic E-state index is 15.3. The maximum Gasteiger partial charge on any atom is 0.417 e. The lowest BCUT2D eigenvalue weighted by molar-refractivity contribution is -0.144. The lowest BCUT2D eigenvalue weighted by atomic mass is 9.85. The van der Waals surface area contributed by atoms with Crippen LogP contribution in [-0.2, 0) is 41.4 Å². The number of halogens is 4. The molecule has 0 aliphatic carbocycles. The van der Waals surface area contributed by atoms with Gasteiger partial charge in [-0.3, -0.25) is 24.1 Å². The Bertz CT molecular complexity index is 2610. The minimum absolute atomic E-state index is 0.0333. The maximum absolute atomic E-state index is 15.3. The topological polar surface area (TPSA) is 166 Å². The Morgan fingerprint density at radius 2 is 1.62 bits per heavy atom. The number of unbranched alkanes of at least 4 members (excludes halogenated alkanes) is 2. The molecule has 0 spiro atoms. The van der Waals surface area contributed by atoms with E-state index in [9.17, 15) is 37.6 Å². The van der Waals surface area contributed by atoms with E-state index in [0.29, 0.717) is 77.5 Å². The second-order valence-electron chi connectivity index (χ2n) is 18.9. The van der Waals surface area contributed by atoms with Crippen LogP contribution in [0.1, 0.15) is 95.5 Å². The van der Waals surface area contributed by atoms with Crippen molar-refractivity contribution in [1.82, 2.24) is 20.5 Å². The molecule has 3 heterocycles. The van der Waals surface area contributed by atoms with Gasteiger partial charge in [0.2, 0.25) is 17.7 Å². The molecule has 2 aliphatic rings. The Kier molecular flexibility index (Phi) is 18.0. The van der Waals surface area contributed by atoms with Crippen LogP contribution in [0.15, 0.2) is 66.2 Å². The number of aryl methyl sites for hydroxylation is 1. The summed E-state index contributed by atoms with van der Waals surface area (Å²) in [5.74, 6) is -2.36. The fraction of sp³-hybridized carbons (Fsp3) is 0.471. The minimum atomic E-state index is -4.85. The van der Waals surface area contributed by atoms with Crippen LogP contribution in [0.5, 0.6) is 5.75 Å². The Labute approximate surface area is 420 Å². The predicted molar refractivity (Wildman–Crippen MR) is 265 cm³/mol. The molecule has 2 saturated heterocycles. The van der Waals surface area contributed by atoms with Crippen LogP contribution < -0.4 is 25.2 Å². The van der Waals surface area contributed by atoms with Gasteiger partial charge in [0.05, 0.1) is 45.6 Å². The quantitative estimate of drug-likeness (QED) is 0.0465. The Hall–Kier alpha value is -6.01. The number of ether oxygens (including phenoxy) is 3. The second kappa shape index (κ2) is 23.5. The third-order valence-corrected chi connectivity index (χ3v) is 13.6. The highest BCUT2D eigenvalue weighted by Crippen LogP contribution is 2.40. The summed E-state index contributed by atoms with van der Waals surface area (Å²) in [5, 5.41) is 14.9. The number of thiocarbonyl (C=S) groups is 1. The molecule has 0 saturated carbocycles. The summed E-state index contributed by atoms with van der Waals surface area (Å²) in [6, 6.07) is 14.9. The molecule has 1 aromatic heterocycles. The fourth-order valence-electron chi connectivity index (χ4n) is 8.35. The lowest BCUT2D eigenvalue weighted by Crippen LogP contribution is -2.58. The molecule has 6 rings (SSSR count). The van der Waals surface area contributed by atoms with Crippen molar-refractivity contribution in [3.8, 4) is 22.3 Å². The standard InChI is InChI=1S/C51H59F4N7O7S2/c1-32-43(71-31-58-32)34-15-13-33(14-16-34)29-57-45(64)40-12-11-21-60(40)46(65)44(49(2,3)4)59-42(63)30-68-24-8-7-22-67-23-9-10-25-69-41-20-19-37(27-39(41)52)62-48(70)61(47(66)50(62,5)6)36-18-17-35(28-56)38(26-36)51(53,54)55/h13-20,26-27,31,40,44H,7-12,21-25,29-30H2,1-6H3,(H,57,64)(H,59,63)/t40-,44+/m0/s1. The van der Waals surface area contributed by atoms with Gasteiger partial charge in [0.15, 0.2) is 16.7 Å². The summed E-state index contributed by atoms with van der Waals surface area (Å²) in [4.78, 5) is 63.1. The number of hydrogen-bond donors (Lipinski definition) is 2. The molecule has 4 aromatic rings. The molecule has 2 atom stereocenters. The molecule has 2 aliphatic heterocycles. The van der Waals surface area contributed by atoms with E-state index in [1.165, 1.54) is 43.0 Å². The van der Waals surface area contributed by atoms with Gasteiger partial charge in [-0.05, 0) is 118 Å². The number of benzene rings is 3. The first-order valence-corrected chi connectivity index (χ1v) is 24.7. The van der Waals surface area contributed by atoms with Gasteiger partial charge in [0, 0.05) is 44.7 Å². The van der Waals surface area contributed by atoms with E-state index < -0.39 is 58.0 Å². The average molecular weight is 1020 g/mol. The Morgan fingerprint density at radius 1 is 0.958 bits per heavy atom. The van der Waals surface area contributed by atoms with Crippen LogP contribution in [0, 0.1) is 29.5 Å². The molecule has 20 heteroatoms. The molecular formula is C51H59F4N7O7S2. The van der Waals surface area contributed by atoms with Crippen molar-refractivity contribution in [2.24, 2.45) is 5.41 Å². The van der Waals surface area contributed by atoms with Gasteiger partial charge in [-0.1, -0.05) is 45.0 Å². The minimum Gasteiger partial charge on any atom is -0.491 e. The predicted octanol–water partition coefficient (Wildman–Crippen LogP) is 8.88. The molecule has 0 radical (unpaired) electrons. The number of nitrogens with zero attached hydrogens (tertiary/aromatic N) is 5. The number of thiazole rings is 1. The number of likely N-dealkylation sites (tertiary alicyclic amines) is 1. The Balaban J connectivity index is 0.854. The number of alkyl halides is 3. The number of nitrogens with one attached hydrogen (secondary N) is 2. The van der Waals surface area contributed by atoms with Gasteiger partial charge in [0.25, 0.3) is 5.91 Å². The van der Waals surface area contributed by atoms with Gasteiger partial charge in [-0.25, -0.2) is 9.37 Å². The summed E-state index contributed by atoms with van der Waals surface area (Å²) in [6.45, 7) is 12.5. The van der Waals surface area contributed by atoms with Gasteiger partial charge in [0.1, 0.15) is 24.2 Å². The largest absolute Gasteiger partial charge is 0.491 e. The number of rotatable bonds is 21. The summed E-state index contributed by atoms with van der Waals surface area (Å²) < 4.78 is 73.4. The van der Waals surface area contributed by atoms with E-state index in [1.807, 2.05) is 57.5 Å². The number of hydrogen-bond acceptors (Lipinski definition) is 11. The van der Waals surface area contributed by atoms with Crippen LogP contribution in [0.3, 0.4) is 0 Å². The van der Waals surface area contributed by atoms with Gasteiger partial charge < -0.3 is 34.6 Å². The molecule has 71 heavy (non-hydrogen) atoms. The van der Waals surface area contributed by atoms with Gasteiger partial charge in [-0.15, -0.1) is 11.3 Å². The summed E-state index contributed by atoms with van der Waals surface area (Å²) >= 11 is 7.12. The molecule has 0 unspecified atom stereocenters. The van der Waals surface area contributed by atoms with Crippen LogP contribution in [-0.4, -0.2) is 95.8 Å². The van der Waals surface area contributed by atoms with Crippen LogP contribution in [0.2, 0.25) is 0 Å². The SMILES string of the molecule is Cc1ncsc1-c1ccc(CNC(=O)[C@@H]2CCCN2C(=O)[C@@H](NC(=O)COCCCCOCCCCOc2ccc(N3C(=S)N(c4ccc(C#N)c(C(F)(F)F)c4)C(=O)C3(C)C)cc2F)C(C)(C)C)cc1. The number of carbonyl (C=O) groups excluding carboxylic acids is 4. The van der Waals surface area contributed by atoms with E-state index in [1.54, 1.807) is 16.2 Å². The first kappa shape index (κ1) is 54.3. The zero-order valence-electron chi connectivity index (χ0n) is 40.6. The normalized spacial score (nSPS) is 16.3. The molecule has 2 N–H and O–H groups in total.